The lowest BCUT2D eigenvalue weighted by Crippen LogP contribution is -2.36. The van der Waals surface area contributed by atoms with Crippen LogP contribution in [-0.2, 0) is 11.3 Å². The van der Waals surface area contributed by atoms with E-state index in [1.165, 1.54) is 17.6 Å². The van der Waals surface area contributed by atoms with Crippen LogP contribution in [0.15, 0.2) is 34.9 Å². The Morgan fingerprint density at radius 2 is 2.11 bits per heavy atom. The van der Waals surface area contributed by atoms with Crippen LogP contribution in [0.1, 0.15) is 15.4 Å². The molecule has 5 nitrogen and oxygen atoms in total. The van der Waals surface area contributed by atoms with E-state index in [0.29, 0.717) is 21.5 Å². The predicted molar refractivity (Wildman–Crippen MR) is 72.2 cm³/mol. The van der Waals surface area contributed by atoms with Crippen LogP contribution in [0, 0.1) is 0 Å². The molecule has 0 bridgehead atoms. The van der Waals surface area contributed by atoms with Gasteiger partial charge in [-0.15, -0.1) is 11.3 Å². The Bertz CT molecular complexity index is 565. The van der Waals surface area contributed by atoms with Gasteiger partial charge in [0.05, 0.1) is 28.6 Å². The third-order valence-corrected chi connectivity index (χ3v) is 3.48. The summed E-state index contributed by atoms with van der Waals surface area (Å²) in [6.07, 6.45) is 1.53. The summed E-state index contributed by atoms with van der Waals surface area (Å²) < 4.78 is 5.60. The molecule has 0 fully saturated rings. The number of rotatable bonds is 5. The summed E-state index contributed by atoms with van der Waals surface area (Å²) in [7, 11) is 0. The highest BCUT2D eigenvalue weighted by molar-refractivity contribution is 7.17. The summed E-state index contributed by atoms with van der Waals surface area (Å²) >= 11 is 6.89. The molecule has 2 rings (SSSR count). The first-order valence-electron chi connectivity index (χ1n) is 5.48. The minimum absolute atomic E-state index is 0.0882. The largest absolute Gasteiger partial charge is 0.467 e. The molecule has 0 saturated heterocycles. The molecule has 0 aromatic carbocycles. The highest BCUT2D eigenvalue weighted by Gasteiger charge is 2.10. The molecule has 0 saturated carbocycles. The van der Waals surface area contributed by atoms with Crippen LogP contribution in [0.4, 0.5) is 0 Å². The van der Waals surface area contributed by atoms with Gasteiger partial charge in [0.15, 0.2) is 0 Å². The van der Waals surface area contributed by atoms with E-state index in [1.807, 2.05) is 0 Å². The average Bonchev–Trinajstić information content (AvgIpc) is 3.04. The smallest absolute Gasteiger partial charge is 0.261 e. The fourth-order valence-corrected chi connectivity index (χ4v) is 2.30. The molecule has 0 spiro atoms. The third-order valence-electron chi connectivity index (χ3n) is 2.25. The van der Waals surface area contributed by atoms with Gasteiger partial charge in [0.25, 0.3) is 5.91 Å². The van der Waals surface area contributed by atoms with Crippen molar-refractivity contribution < 1.29 is 14.0 Å². The van der Waals surface area contributed by atoms with Gasteiger partial charge in [-0.05, 0) is 24.3 Å². The van der Waals surface area contributed by atoms with Crippen molar-refractivity contribution >= 4 is 34.8 Å². The molecule has 2 heterocycles. The number of nitrogens with one attached hydrogen (secondary N) is 2. The minimum Gasteiger partial charge on any atom is -0.467 e. The molecular weight excluding hydrogens is 288 g/mol. The van der Waals surface area contributed by atoms with Gasteiger partial charge in [0.1, 0.15) is 5.76 Å². The first-order valence-corrected chi connectivity index (χ1v) is 6.67. The topological polar surface area (TPSA) is 71.3 Å². The van der Waals surface area contributed by atoms with Crippen LogP contribution >= 0.6 is 22.9 Å². The zero-order chi connectivity index (χ0) is 13.7. The number of halogens is 1. The maximum atomic E-state index is 11.6. The second-order valence-electron chi connectivity index (χ2n) is 3.64. The van der Waals surface area contributed by atoms with Crippen LogP contribution in [0.2, 0.25) is 4.34 Å². The van der Waals surface area contributed by atoms with Crippen LogP contribution in [-0.4, -0.2) is 18.4 Å². The Morgan fingerprint density at radius 3 is 2.74 bits per heavy atom. The standard InChI is InChI=1S/C12H11ClN2O3S/c13-10-4-3-9(19-10)12(17)15-7-11(16)14-6-8-2-1-5-18-8/h1-5H,6-7H2,(H,14,16)(H,15,17). The van der Waals surface area contributed by atoms with Gasteiger partial charge in [0.2, 0.25) is 5.91 Å². The fourth-order valence-electron chi connectivity index (χ4n) is 1.35. The molecule has 7 heteroatoms. The van der Waals surface area contributed by atoms with Gasteiger partial charge in [-0.25, -0.2) is 0 Å². The first kappa shape index (κ1) is 13.6. The van der Waals surface area contributed by atoms with Crippen molar-refractivity contribution in [2.75, 3.05) is 6.54 Å². The monoisotopic (exact) mass is 298 g/mol. The summed E-state index contributed by atoms with van der Waals surface area (Å²) in [5, 5.41) is 5.14. The quantitative estimate of drug-likeness (QED) is 0.887. The highest BCUT2D eigenvalue weighted by Crippen LogP contribution is 2.20. The normalized spacial score (nSPS) is 10.2. The number of furan rings is 1. The molecule has 2 aromatic rings. The van der Waals surface area contributed by atoms with Crippen molar-refractivity contribution in [2.45, 2.75) is 6.54 Å². The van der Waals surface area contributed by atoms with E-state index < -0.39 is 0 Å². The summed E-state index contributed by atoms with van der Waals surface area (Å²) in [5.41, 5.74) is 0. The minimum atomic E-state index is -0.315. The molecule has 0 unspecified atom stereocenters. The van der Waals surface area contributed by atoms with E-state index in [9.17, 15) is 9.59 Å². The van der Waals surface area contributed by atoms with E-state index in [1.54, 1.807) is 24.3 Å². The van der Waals surface area contributed by atoms with Crippen LogP contribution in [0.5, 0.6) is 0 Å². The summed E-state index contributed by atoms with van der Waals surface area (Å²) in [6, 6.07) is 6.75. The Hall–Kier alpha value is -1.79. The van der Waals surface area contributed by atoms with Gasteiger partial charge >= 0.3 is 0 Å². The zero-order valence-electron chi connectivity index (χ0n) is 9.81. The van der Waals surface area contributed by atoms with E-state index in [4.69, 9.17) is 16.0 Å². The number of hydrogen-bond donors (Lipinski definition) is 2. The second-order valence-corrected chi connectivity index (χ2v) is 5.36. The molecular formula is C12H11ClN2O3S. The lowest BCUT2D eigenvalue weighted by molar-refractivity contribution is -0.120. The predicted octanol–water partition coefficient (Wildman–Crippen LogP) is 2.04. The van der Waals surface area contributed by atoms with E-state index >= 15 is 0 Å². The second kappa shape index (κ2) is 6.40. The Balaban J connectivity index is 1.73. The number of hydrogen-bond acceptors (Lipinski definition) is 4. The van der Waals surface area contributed by atoms with E-state index in [0.717, 1.165) is 0 Å². The van der Waals surface area contributed by atoms with Crippen molar-refractivity contribution in [2.24, 2.45) is 0 Å². The summed E-state index contributed by atoms with van der Waals surface area (Å²) in [5.74, 6) is 0.0576. The Morgan fingerprint density at radius 1 is 1.26 bits per heavy atom. The Labute approximate surface area is 118 Å². The van der Waals surface area contributed by atoms with Crippen molar-refractivity contribution in [1.82, 2.24) is 10.6 Å². The molecule has 19 heavy (non-hydrogen) atoms. The lowest BCUT2D eigenvalue weighted by atomic mass is 10.4. The SMILES string of the molecule is O=C(CNC(=O)c1ccc(Cl)s1)NCc1ccco1. The molecule has 100 valence electrons. The number of carbonyl (C=O) groups excluding carboxylic acids is 2. The van der Waals surface area contributed by atoms with Crippen molar-refractivity contribution in [3.63, 3.8) is 0 Å². The van der Waals surface area contributed by atoms with Crippen molar-refractivity contribution in [1.29, 1.82) is 0 Å². The number of amides is 2. The molecule has 2 amide bonds. The molecule has 0 atom stereocenters. The van der Waals surface area contributed by atoms with Crippen LogP contribution in [0.25, 0.3) is 0 Å². The van der Waals surface area contributed by atoms with E-state index in [2.05, 4.69) is 10.6 Å². The molecule has 2 aromatic heterocycles. The van der Waals surface area contributed by atoms with Gasteiger partial charge in [0, 0.05) is 0 Å². The summed E-state index contributed by atoms with van der Waals surface area (Å²) in [6.45, 7) is 0.210. The lowest BCUT2D eigenvalue weighted by Gasteiger charge is -2.04. The Kier molecular flexibility index (Phi) is 4.59. The first-order chi connectivity index (χ1) is 9.15. The summed E-state index contributed by atoms with van der Waals surface area (Å²) in [4.78, 5) is 23.6. The molecule has 0 radical (unpaired) electrons. The third kappa shape index (κ3) is 4.11. The van der Waals surface area contributed by atoms with Crippen LogP contribution in [0.3, 0.4) is 0 Å². The van der Waals surface area contributed by atoms with Gasteiger partial charge < -0.3 is 15.1 Å². The number of carbonyl (C=O) groups is 2. The van der Waals surface area contributed by atoms with Gasteiger partial charge in [-0.2, -0.15) is 0 Å². The van der Waals surface area contributed by atoms with Crippen molar-refractivity contribution in [3.05, 3.63) is 45.5 Å². The molecule has 0 aliphatic rings. The van der Waals surface area contributed by atoms with Gasteiger partial charge in [-0.3, -0.25) is 9.59 Å². The maximum absolute atomic E-state index is 11.6. The molecule has 0 aliphatic carbocycles. The van der Waals surface area contributed by atoms with Gasteiger partial charge in [-0.1, -0.05) is 11.6 Å². The van der Waals surface area contributed by atoms with Crippen molar-refractivity contribution in [3.8, 4) is 0 Å². The number of thiophene rings is 1. The van der Waals surface area contributed by atoms with Crippen LogP contribution < -0.4 is 10.6 Å². The zero-order valence-corrected chi connectivity index (χ0v) is 11.4. The molecule has 2 N–H and O–H groups in total. The highest BCUT2D eigenvalue weighted by atomic mass is 35.5. The average molecular weight is 299 g/mol. The molecule has 0 aliphatic heterocycles. The maximum Gasteiger partial charge on any atom is 0.261 e. The van der Waals surface area contributed by atoms with E-state index in [-0.39, 0.29) is 18.4 Å². The fraction of sp³-hybridized carbons (Fsp3) is 0.167.